The number of rotatable bonds is 5. The van der Waals surface area contributed by atoms with E-state index in [9.17, 15) is 9.59 Å². The van der Waals surface area contributed by atoms with Crippen molar-refractivity contribution in [1.29, 1.82) is 0 Å². The van der Waals surface area contributed by atoms with Crippen LogP contribution in [0.2, 0.25) is 0 Å². The number of carbonyl (C=O) groups excluding carboxylic acids is 2. The van der Waals surface area contributed by atoms with Gasteiger partial charge in [-0.15, -0.1) is 0 Å². The van der Waals surface area contributed by atoms with Gasteiger partial charge in [-0.25, -0.2) is 5.43 Å². The molecule has 1 aliphatic carbocycles. The van der Waals surface area contributed by atoms with E-state index in [-0.39, 0.29) is 11.8 Å². The lowest BCUT2D eigenvalue weighted by Gasteiger charge is -2.20. The molecular weight excluding hydrogens is 482 g/mol. The lowest BCUT2D eigenvalue weighted by atomic mass is 9.93. The number of anilines is 1. The van der Waals surface area contributed by atoms with Gasteiger partial charge in [-0.1, -0.05) is 24.3 Å². The molecule has 3 aromatic rings. The van der Waals surface area contributed by atoms with Gasteiger partial charge in [0.25, 0.3) is 11.8 Å². The molecule has 1 N–H and O–H groups in total. The molecule has 1 aromatic heterocycles. The summed E-state index contributed by atoms with van der Waals surface area (Å²) in [7, 11) is 0. The minimum Gasteiger partial charge on any atom is -0.455 e. The molecule has 2 aromatic carbocycles. The predicted molar refractivity (Wildman–Crippen MR) is 133 cm³/mol. The van der Waals surface area contributed by atoms with Gasteiger partial charge in [-0.3, -0.25) is 9.59 Å². The normalized spacial score (nSPS) is 14.1. The van der Waals surface area contributed by atoms with Crippen molar-refractivity contribution in [3.63, 3.8) is 0 Å². The maximum Gasteiger partial charge on any atom is 0.294 e. The van der Waals surface area contributed by atoms with Gasteiger partial charge in [-0.05, 0) is 79.4 Å². The van der Waals surface area contributed by atoms with Gasteiger partial charge in [-0.2, -0.15) is 5.10 Å². The molecule has 0 saturated carbocycles. The number of halogens is 1. The Morgan fingerprint density at radius 2 is 1.91 bits per heavy atom. The largest absolute Gasteiger partial charge is 0.455 e. The van der Waals surface area contributed by atoms with Crippen molar-refractivity contribution in [2.75, 3.05) is 11.4 Å². The Labute approximate surface area is 201 Å². The third-order valence-electron chi connectivity index (χ3n) is 5.81. The van der Waals surface area contributed by atoms with Crippen LogP contribution < -0.4 is 10.3 Å². The van der Waals surface area contributed by atoms with Crippen LogP contribution in [0.4, 0.5) is 5.69 Å². The summed E-state index contributed by atoms with van der Waals surface area (Å²) in [5, 5.41) is 4.42. The van der Waals surface area contributed by atoms with Crippen LogP contribution in [0.15, 0.2) is 62.5 Å². The molecule has 2 amide bonds. The first-order valence-electron chi connectivity index (χ1n) is 11.0. The molecule has 170 valence electrons. The fourth-order valence-electron chi connectivity index (χ4n) is 4.17. The Balaban J connectivity index is 1.63. The molecule has 1 heterocycles. The molecule has 0 saturated heterocycles. The second kappa shape index (κ2) is 9.75. The van der Waals surface area contributed by atoms with Crippen LogP contribution >= 0.6 is 15.9 Å². The highest BCUT2D eigenvalue weighted by atomic mass is 79.9. The van der Waals surface area contributed by atoms with Crippen molar-refractivity contribution in [2.45, 2.75) is 40.0 Å². The molecule has 1 aliphatic rings. The number of hydrazone groups is 1. The molecule has 0 fully saturated rings. The summed E-state index contributed by atoms with van der Waals surface area (Å²) in [4.78, 5) is 27.8. The molecule has 0 spiro atoms. The van der Waals surface area contributed by atoms with E-state index in [4.69, 9.17) is 4.42 Å². The standard InChI is InChI=1S/C26H26BrN3O3/c1-4-30(18-10-7-9-16(2)15-18)26(32)24-17(3)23-21(13-8-14-22(23)33-24)28-29-25(31)19-11-5-6-12-20(19)27/h5-7,9-12,15H,4,8,13-14H2,1-3H3,(H,29,31)/b28-21+. The van der Waals surface area contributed by atoms with E-state index < -0.39 is 0 Å². The van der Waals surface area contributed by atoms with Gasteiger partial charge >= 0.3 is 0 Å². The molecule has 4 rings (SSSR count). The number of benzene rings is 2. The third kappa shape index (κ3) is 4.64. The van der Waals surface area contributed by atoms with E-state index in [1.165, 1.54) is 0 Å². The average molecular weight is 508 g/mol. The van der Waals surface area contributed by atoms with Gasteiger partial charge in [0.05, 0.1) is 11.3 Å². The Morgan fingerprint density at radius 3 is 2.64 bits per heavy atom. The number of nitrogens with one attached hydrogen (secondary N) is 1. The topological polar surface area (TPSA) is 74.9 Å². The molecular formula is C26H26BrN3O3. The zero-order valence-corrected chi connectivity index (χ0v) is 20.5. The fraction of sp³-hybridized carbons (Fsp3) is 0.269. The summed E-state index contributed by atoms with van der Waals surface area (Å²) in [5.41, 5.74) is 7.42. The summed E-state index contributed by atoms with van der Waals surface area (Å²) in [6.07, 6.45) is 2.27. The summed E-state index contributed by atoms with van der Waals surface area (Å²) >= 11 is 3.40. The number of aryl methyl sites for hydroxylation is 2. The van der Waals surface area contributed by atoms with Crippen molar-refractivity contribution in [1.82, 2.24) is 5.43 Å². The van der Waals surface area contributed by atoms with E-state index in [2.05, 4.69) is 26.5 Å². The predicted octanol–water partition coefficient (Wildman–Crippen LogP) is 5.80. The quantitative estimate of drug-likeness (QED) is 0.443. The molecule has 0 radical (unpaired) electrons. The van der Waals surface area contributed by atoms with Crippen molar-refractivity contribution in [3.05, 3.63) is 86.8 Å². The van der Waals surface area contributed by atoms with Gasteiger partial charge in [0.15, 0.2) is 5.76 Å². The monoisotopic (exact) mass is 507 g/mol. The van der Waals surface area contributed by atoms with Gasteiger partial charge in [0.2, 0.25) is 0 Å². The first-order chi connectivity index (χ1) is 15.9. The molecule has 33 heavy (non-hydrogen) atoms. The SMILES string of the molecule is CCN(C(=O)c1oc2c(c1C)/C(=N/NC(=O)c1ccccc1Br)CCC2)c1cccc(C)c1. The fourth-order valence-corrected chi connectivity index (χ4v) is 4.63. The molecule has 0 aliphatic heterocycles. The number of amides is 2. The third-order valence-corrected chi connectivity index (χ3v) is 6.50. The van der Waals surface area contributed by atoms with Crippen molar-refractivity contribution < 1.29 is 14.0 Å². The summed E-state index contributed by atoms with van der Waals surface area (Å²) in [5.74, 6) is 0.606. The van der Waals surface area contributed by atoms with Crippen molar-refractivity contribution >= 4 is 39.1 Å². The highest BCUT2D eigenvalue weighted by molar-refractivity contribution is 9.10. The number of carbonyl (C=O) groups is 2. The van der Waals surface area contributed by atoms with E-state index >= 15 is 0 Å². The van der Waals surface area contributed by atoms with Crippen LogP contribution in [-0.2, 0) is 6.42 Å². The minimum absolute atomic E-state index is 0.174. The highest BCUT2D eigenvalue weighted by Crippen LogP contribution is 2.31. The molecule has 0 atom stereocenters. The summed E-state index contributed by atoms with van der Waals surface area (Å²) in [6.45, 7) is 6.36. The van der Waals surface area contributed by atoms with Crippen LogP contribution in [0.5, 0.6) is 0 Å². The Hall–Kier alpha value is -3.19. The van der Waals surface area contributed by atoms with Crippen LogP contribution in [-0.4, -0.2) is 24.1 Å². The van der Waals surface area contributed by atoms with E-state index in [0.29, 0.717) is 28.8 Å². The first-order valence-corrected chi connectivity index (χ1v) is 11.8. The zero-order chi connectivity index (χ0) is 23.5. The summed E-state index contributed by atoms with van der Waals surface area (Å²) in [6, 6.07) is 15.1. The molecule has 0 unspecified atom stereocenters. The van der Waals surface area contributed by atoms with Crippen LogP contribution in [0, 0.1) is 13.8 Å². The first kappa shape index (κ1) is 23.0. The summed E-state index contributed by atoms with van der Waals surface area (Å²) < 4.78 is 6.79. The van der Waals surface area contributed by atoms with E-state index in [1.807, 2.05) is 57.2 Å². The van der Waals surface area contributed by atoms with Crippen molar-refractivity contribution in [2.24, 2.45) is 5.10 Å². The van der Waals surface area contributed by atoms with Gasteiger partial charge in [0.1, 0.15) is 5.76 Å². The minimum atomic E-state index is -0.295. The van der Waals surface area contributed by atoms with Gasteiger partial charge < -0.3 is 9.32 Å². The van der Waals surface area contributed by atoms with E-state index in [1.54, 1.807) is 17.0 Å². The van der Waals surface area contributed by atoms with E-state index in [0.717, 1.165) is 46.7 Å². The van der Waals surface area contributed by atoms with Gasteiger partial charge in [0, 0.05) is 34.3 Å². The Bertz CT molecular complexity index is 1250. The Morgan fingerprint density at radius 1 is 1.12 bits per heavy atom. The molecule has 0 bridgehead atoms. The number of fused-ring (bicyclic) bond motifs is 1. The second-order valence-electron chi connectivity index (χ2n) is 8.08. The number of hydrogen-bond donors (Lipinski definition) is 1. The van der Waals surface area contributed by atoms with Crippen LogP contribution in [0.25, 0.3) is 0 Å². The Kier molecular flexibility index (Phi) is 6.79. The smallest absolute Gasteiger partial charge is 0.294 e. The number of nitrogens with zero attached hydrogens (tertiary/aromatic N) is 2. The highest BCUT2D eigenvalue weighted by Gasteiger charge is 2.30. The van der Waals surface area contributed by atoms with Crippen molar-refractivity contribution in [3.8, 4) is 0 Å². The van der Waals surface area contributed by atoms with Crippen LogP contribution in [0.1, 0.15) is 63.1 Å². The number of furan rings is 1. The number of hydrogen-bond acceptors (Lipinski definition) is 4. The molecule has 7 heteroatoms. The van der Waals surface area contributed by atoms with Crippen LogP contribution in [0.3, 0.4) is 0 Å². The maximum atomic E-state index is 13.4. The lowest BCUT2D eigenvalue weighted by Crippen LogP contribution is -2.31. The molecule has 6 nitrogen and oxygen atoms in total. The maximum absolute atomic E-state index is 13.4. The zero-order valence-electron chi connectivity index (χ0n) is 18.9. The second-order valence-corrected chi connectivity index (χ2v) is 8.93. The average Bonchev–Trinajstić information content (AvgIpc) is 3.15. The lowest BCUT2D eigenvalue weighted by molar-refractivity contribution is 0.0949.